The Morgan fingerprint density at radius 1 is 1.25 bits per heavy atom. The lowest BCUT2D eigenvalue weighted by Crippen LogP contribution is -2.40. The van der Waals surface area contributed by atoms with E-state index in [1.165, 1.54) is 11.3 Å². The van der Waals surface area contributed by atoms with E-state index in [-0.39, 0.29) is 6.10 Å². The van der Waals surface area contributed by atoms with Gasteiger partial charge >= 0.3 is 0 Å². The minimum Gasteiger partial charge on any atom is -0.391 e. The summed E-state index contributed by atoms with van der Waals surface area (Å²) in [5.41, 5.74) is 2.52. The van der Waals surface area contributed by atoms with Crippen molar-refractivity contribution in [3.8, 4) is 0 Å². The fourth-order valence-electron chi connectivity index (χ4n) is 2.63. The maximum absolute atomic E-state index is 9.96. The van der Waals surface area contributed by atoms with Gasteiger partial charge in [0.1, 0.15) is 0 Å². The molecule has 2 atom stereocenters. The molecule has 1 aromatic rings. The molecule has 1 aromatic carbocycles. The lowest BCUT2D eigenvalue weighted by atomic mass is 10.1. The summed E-state index contributed by atoms with van der Waals surface area (Å²) in [5.74, 6) is 0. The molecule has 1 aliphatic carbocycles. The number of aliphatic hydroxyl groups is 1. The zero-order valence-electron chi connectivity index (χ0n) is 10.2. The third kappa shape index (κ3) is 2.22. The third-order valence-electron chi connectivity index (χ3n) is 3.55. The van der Waals surface area contributed by atoms with Crippen molar-refractivity contribution in [1.82, 2.24) is 0 Å². The zero-order valence-corrected chi connectivity index (χ0v) is 10.2. The van der Waals surface area contributed by atoms with Crippen LogP contribution in [-0.4, -0.2) is 23.8 Å². The normalized spacial score (nSPS) is 24.7. The standard InChI is InChI=1S/C14H21NO/c1-3-15(13-5-4-6-14(13)16)12-9-7-11(2)8-10-12/h7-10,13-14,16H,3-6H2,1-2H3/t13-,14-/m0/s1. The summed E-state index contributed by atoms with van der Waals surface area (Å²) in [6.45, 7) is 5.22. The van der Waals surface area contributed by atoms with E-state index in [4.69, 9.17) is 0 Å². The maximum Gasteiger partial charge on any atom is 0.0743 e. The number of hydrogen-bond donors (Lipinski definition) is 1. The van der Waals surface area contributed by atoms with Gasteiger partial charge in [0, 0.05) is 12.2 Å². The van der Waals surface area contributed by atoms with Gasteiger partial charge in [-0.25, -0.2) is 0 Å². The van der Waals surface area contributed by atoms with E-state index in [9.17, 15) is 5.11 Å². The van der Waals surface area contributed by atoms with Crippen LogP contribution >= 0.6 is 0 Å². The van der Waals surface area contributed by atoms with E-state index in [0.717, 1.165) is 25.8 Å². The van der Waals surface area contributed by atoms with Gasteiger partial charge < -0.3 is 10.0 Å². The predicted octanol–water partition coefficient (Wildman–Crippen LogP) is 2.73. The smallest absolute Gasteiger partial charge is 0.0743 e. The van der Waals surface area contributed by atoms with Crippen LogP contribution in [0.3, 0.4) is 0 Å². The monoisotopic (exact) mass is 219 g/mol. The lowest BCUT2D eigenvalue weighted by Gasteiger charge is -2.32. The molecule has 1 aliphatic rings. The molecule has 16 heavy (non-hydrogen) atoms. The number of benzene rings is 1. The van der Waals surface area contributed by atoms with E-state index in [1.54, 1.807) is 0 Å². The molecule has 2 heteroatoms. The van der Waals surface area contributed by atoms with Gasteiger partial charge in [-0.05, 0) is 45.2 Å². The number of aryl methyl sites for hydroxylation is 1. The summed E-state index contributed by atoms with van der Waals surface area (Å²) in [4.78, 5) is 2.33. The minimum atomic E-state index is -0.152. The Morgan fingerprint density at radius 2 is 1.94 bits per heavy atom. The van der Waals surface area contributed by atoms with Crippen molar-refractivity contribution in [2.45, 2.75) is 45.3 Å². The Hall–Kier alpha value is -1.02. The highest BCUT2D eigenvalue weighted by Gasteiger charge is 2.29. The van der Waals surface area contributed by atoms with Crippen LogP contribution in [-0.2, 0) is 0 Å². The number of hydrogen-bond acceptors (Lipinski definition) is 2. The highest BCUT2D eigenvalue weighted by atomic mass is 16.3. The summed E-state index contributed by atoms with van der Waals surface area (Å²) in [7, 11) is 0. The van der Waals surface area contributed by atoms with Gasteiger partial charge in [-0.1, -0.05) is 17.7 Å². The molecule has 0 heterocycles. The molecular weight excluding hydrogens is 198 g/mol. The number of aliphatic hydroxyl groups excluding tert-OH is 1. The molecule has 2 rings (SSSR count). The van der Waals surface area contributed by atoms with E-state index in [0.29, 0.717) is 6.04 Å². The van der Waals surface area contributed by atoms with E-state index < -0.39 is 0 Å². The molecule has 2 nitrogen and oxygen atoms in total. The average molecular weight is 219 g/mol. The highest BCUT2D eigenvalue weighted by molar-refractivity contribution is 5.48. The van der Waals surface area contributed by atoms with Crippen molar-refractivity contribution >= 4 is 5.69 Å². The van der Waals surface area contributed by atoms with Crippen molar-refractivity contribution < 1.29 is 5.11 Å². The first-order chi connectivity index (χ1) is 7.72. The molecule has 0 aliphatic heterocycles. The first-order valence-corrected chi connectivity index (χ1v) is 6.23. The van der Waals surface area contributed by atoms with E-state index in [1.807, 2.05) is 0 Å². The fourth-order valence-corrected chi connectivity index (χ4v) is 2.63. The molecule has 0 aromatic heterocycles. The van der Waals surface area contributed by atoms with Gasteiger partial charge in [0.05, 0.1) is 12.1 Å². The Balaban J connectivity index is 2.18. The number of rotatable bonds is 3. The molecule has 1 saturated carbocycles. The summed E-state index contributed by atoms with van der Waals surface area (Å²) < 4.78 is 0. The van der Waals surface area contributed by atoms with Crippen LogP contribution in [0, 0.1) is 6.92 Å². The number of nitrogens with zero attached hydrogens (tertiary/aromatic N) is 1. The summed E-state index contributed by atoms with van der Waals surface area (Å²) in [6, 6.07) is 8.90. The van der Waals surface area contributed by atoms with Crippen LogP contribution in [0.5, 0.6) is 0 Å². The summed E-state index contributed by atoms with van der Waals surface area (Å²) >= 11 is 0. The van der Waals surface area contributed by atoms with Crippen LogP contribution in [0.2, 0.25) is 0 Å². The van der Waals surface area contributed by atoms with Crippen LogP contribution in [0.1, 0.15) is 31.7 Å². The Morgan fingerprint density at radius 3 is 2.44 bits per heavy atom. The topological polar surface area (TPSA) is 23.5 Å². The van der Waals surface area contributed by atoms with E-state index >= 15 is 0 Å². The molecule has 88 valence electrons. The van der Waals surface area contributed by atoms with Gasteiger partial charge in [-0.15, -0.1) is 0 Å². The molecule has 0 saturated heterocycles. The maximum atomic E-state index is 9.96. The second kappa shape index (κ2) is 4.88. The van der Waals surface area contributed by atoms with Crippen molar-refractivity contribution in [1.29, 1.82) is 0 Å². The Labute approximate surface area is 97.9 Å². The summed E-state index contributed by atoms with van der Waals surface area (Å²) in [6.07, 6.45) is 3.06. The second-order valence-electron chi connectivity index (χ2n) is 4.69. The van der Waals surface area contributed by atoms with Crippen molar-refractivity contribution in [2.75, 3.05) is 11.4 Å². The highest BCUT2D eigenvalue weighted by Crippen LogP contribution is 2.28. The Bertz CT molecular complexity index is 333. The quantitative estimate of drug-likeness (QED) is 0.845. The van der Waals surface area contributed by atoms with Crippen molar-refractivity contribution in [2.24, 2.45) is 0 Å². The molecule has 0 amide bonds. The molecular formula is C14H21NO. The van der Waals surface area contributed by atoms with Gasteiger partial charge in [0.15, 0.2) is 0 Å². The van der Waals surface area contributed by atoms with Gasteiger partial charge in [0.25, 0.3) is 0 Å². The van der Waals surface area contributed by atoms with Crippen LogP contribution in [0.4, 0.5) is 5.69 Å². The Kier molecular flexibility index (Phi) is 3.49. The fraction of sp³-hybridized carbons (Fsp3) is 0.571. The first kappa shape index (κ1) is 11.5. The molecule has 1 fully saturated rings. The largest absolute Gasteiger partial charge is 0.391 e. The molecule has 1 N–H and O–H groups in total. The molecule has 0 radical (unpaired) electrons. The van der Waals surface area contributed by atoms with Gasteiger partial charge in [-0.3, -0.25) is 0 Å². The number of anilines is 1. The predicted molar refractivity (Wildman–Crippen MR) is 67.8 cm³/mol. The minimum absolute atomic E-state index is 0.152. The van der Waals surface area contributed by atoms with Crippen LogP contribution in [0.25, 0.3) is 0 Å². The summed E-state index contributed by atoms with van der Waals surface area (Å²) in [5, 5.41) is 9.96. The van der Waals surface area contributed by atoms with Crippen molar-refractivity contribution in [3.05, 3.63) is 29.8 Å². The third-order valence-corrected chi connectivity index (χ3v) is 3.55. The molecule has 0 unspecified atom stereocenters. The van der Waals surface area contributed by atoms with Gasteiger partial charge in [0.2, 0.25) is 0 Å². The van der Waals surface area contributed by atoms with Crippen molar-refractivity contribution in [3.63, 3.8) is 0 Å². The number of likely N-dealkylation sites (N-methyl/N-ethyl adjacent to an activating group) is 1. The SMILES string of the molecule is CCN(c1ccc(C)cc1)[C@H]1CCC[C@@H]1O. The average Bonchev–Trinajstić information content (AvgIpc) is 2.69. The van der Waals surface area contributed by atoms with E-state index in [2.05, 4.69) is 43.0 Å². The first-order valence-electron chi connectivity index (χ1n) is 6.23. The second-order valence-corrected chi connectivity index (χ2v) is 4.69. The zero-order chi connectivity index (χ0) is 11.5. The molecule has 0 bridgehead atoms. The molecule has 0 spiro atoms. The van der Waals surface area contributed by atoms with Crippen LogP contribution < -0.4 is 4.90 Å². The van der Waals surface area contributed by atoms with Gasteiger partial charge in [-0.2, -0.15) is 0 Å². The lowest BCUT2D eigenvalue weighted by molar-refractivity contribution is 0.161. The van der Waals surface area contributed by atoms with Crippen LogP contribution in [0.15, 0.2) is 24.3 Å².